The minimum absolute atomic E-state index is 0.0650. The average molecular weight is 363 g/mol. The standard InChI is InChI=1S/C22H34O4/c1-4-13-24-19-15-18-12-10-8-6-7-9-11-17(3)26-22(23)21(18)20(16-19)25-14-5-2/h15-17H,4-14H2,1-3H3/t17-/m1/s1. The SMILES string of the molecule is CCCOc1cc2c(c(OCCC)c1)C(=O)O[C@H](C)CCCCCCC2. The molecule has 1 aliphatic heterocycles. The van der Waals surface area contributed by atoms with Crippen LogP contribution in [0.1, 0.15) is 88.1 Å². The first-order valence-corrected chi connectivity index (χ1v) is 10.3. The molecule has 4 nitrogen and oxygen atoms in total. The average Bonchev–Trinajstić information content (AvgIpc) is 2.62. The summed E-state index contributed by atoms with van der Waals surface area (Å²) in [6, 6.07) is 3.85. The summed E-state index contributed by atoms with van der Waals surface area (Å²) in [7, 11) is 0. The molecule has 26 heavy (non-hydrogen) atoms. The quantitative estimate of drug-likeness (QED) is 0.608. The van der Waals surface area contributed by atoms with Crippen LogP contribution >= 0.6 is 0 Å². The summed E-state index contributed by atoms with van der Waals surface area (Å²) >= 11 is 0. The van der Waals surface area contributed by atoms with Crippen LogP contribution in [-0.2, 0) is 11.2 Å². The molecule has 1 aromatic rings. The fourth-order valence-electron chi connectivity index (χ4n) is 3.28. The molecule has 0 unspecified atom stereocenters. The van der Waals surface area contributed by atoms with Gasteiger partial charge in [0, 0.05) is 6.07 Å². The Morgan fingerprint density at radius 3 is 2.46 bits per heavy atom. The van der Waals surface area contributed by atoms with Crippen molar-refractivity contribution >= 4 is 5.97 Å². The molecule has 0 saturated carbocycles. The predicted molar refractivity (Wildman–Crippen MR) is 104 cm³/mol. The molecule has 0 fully saturated rings. The fourth-order valence-corrected chi connectivity index (χ4v) is 3.28. The number of carbonyl (C=O) groups is 1. The first-order valence-electron chi connectivity index (χ1n) is 10.3. The summed E-state index contributed by atoms with van der Waals surface area (Å²) in [5.74, 6) is 1.12. The van der Waals surface area contributed by atoms with Crippen LogP contribution in [0.15, 0.2) is 12.1 Å². The van der Waals surface area contributed by atoms with Gasteiger partial charge in [-0.25, -0.2) is 4.79 Å². The van der Waals surface area contributed by atoms with Crippen molar-refractivity contribution in [2.45, 2.75) is 84.7 Å². The Morgan fingerprint density at radius 2 is 1.69 bits per heavy atom. The maximum Gasteiger partial charge on any atom is 0.342 e. The number of hydrogen-bond acceptors (Lipinski definition) is 4. The van der Waals surface area contributed by atoms with Gasteiger partial charge in [0.1, 0.15) is 17.1 Å². The van der Waals surface area contributed by atoms with Crippen LogP contribution in [0, 0.1) is 0 Å². The summed E-state index contributed by atoms with van der Waals surface area (Å²) in [6.07, 6.45) is 9.36. The molecule has 0 aliphatic carbocycles. The molecule has 1 aromatic carbocycles. The Hall–Kier alpha value is -1.71. The molecule has 0 spiro atoms. The topological polar surface area (TPSA) is 44.8 Å². The molecule has 0 amide bonds. The van der Waals surface area contributed by atoms with Crippen LogP contribution in [0.25, 0.3) is 0 Å². The monoisotopic (exact) mass is 362 g/mol. The van der Waals surface area contributed by atoms with Gasteiger partial charge in [-0.2, -0.15) is 0 Å². The Bertz CT molecular complexity index is 568. The van der Waals surface area contributed by atoms with E-state index in [0.717, 1.165) is 49.8 Å². The van der Waals surface area contributed by atoms with E-state index in [-0.39, 0.29) is 12.1 Å². The van der Waals surface area contributed by atoms with Gasteiger partial charge in [0.15, 0.2) is 0 Å². The van der Waals surface area contributed by atoms with Crippen molar-refractivity contribution in [3.05, 3.63) is 23.3 Å². The van der Waals surface area contributed by atoms with Gasteiger partial charge in [-0.1, -0.05) is 33.1 Å². The van der Waals surface area contributed by atoms with Gasteiger partial charge >= 0.3 is 5.97 Å². The second-order valence-electron chi connectivity index (χ2n) is 7.17. The molecule has 1 atom stereocenters. The number of rotatable bonds is 6. The van der Waals surface area contributed by atoms with Crippen LogP contribution in [0.4, 0.5) is 0 Å². The maximum atomic E-state index is 12.9. The summed E-state index contributed by atoms with van der Waals surface area (Å²) in [5.41, 5.74) is 1.58. The lowest BCUT2D eigenvalue weighted by Crippen LogP contribution is -2.18. The number of carbonyl (C=O) groups excluding carboxylic acids is 1. The second kappa shape index (κ2) is 11.1. The third-order valence-electron chi connectivity index (χ3n) is 4.66. The van der Waals surface area contributed by atoms with Gasteiger partial charge in [-0.15, -0.1) is 0 Å². The summed E-state index contributed by atoms with van der Waals surface area (Å²) in [5, 5.41) is 0. The Kier molecular flexibility index (Phi) is 8.79. The molecule has 1 heterocycles. The first kappa shape index (κ1) is 20.6. The third-order valence-corrected chi connectivity index (χ3v) is 4.66. The Labute approximate surface area is 158 Å². The van der Waals surface area contributed by atoms with E-state index in [1.807, 2.05) is 19.1 Å². The molecular formula is C22H34O4. The molecule has 4 heteroatoms. The van der Waals surface area contributed by atoms with Crippen molar-refractivity contribution < 1.29 is 19.0 Å². The number of aryl methyl sites for hydroxylation is 1. The molecule has 0 saturated heterocycles. The van der Waals surface area contributed by atoms with E-state index in [9.17, 15) is 4.79 Å². The number of esters is 1. The van der Waals surface area contributed by atoms with Crippen LogP contribution in [-0.4, -0.2) is 25.3 Å². The van der Waals surface area contributed by atoms with Gasteiger partial charge in [0.25, 0.3) is 0 Å². The molecule has 2 rings (SSSR count). The third kappa shape index (κ3) is 6.22. The molecular weight excluding hydrogens is 328 g/mol. The summed E-state index contributed by atoms with van der Waals surface area (Å²) < 4.78 is 17.5. The highest BCUT2D eigenvalue weighted by Gasteiger charge is 2.23. The first-order chi connectivity index (χ1) is 12.7. The van der Waals surface area contributed by atoms with Gasteiger partial charge in [0.2, 0.25) is 0 Å². The molecule has 0 aromatic heterocycles. The number of fused-ring (bicyclic) bond motifs is 1. The minimum atomic E-state index is -0.263. The smallest absolute Gasteiger partial charge is 0.342 e. The van der Waals surface area contributed by atoms with Crippen molar-refractivity contribution in [3.8, 4) is 11.5 Å². The van der Waals surface area contributed by atoms with Crippen LogP contribution < -0.4 is 9.47 Å². The zero-order valence-electron chi connectivity index (χ0n) is 16.6. The van der Waals surface area contributed by atoms with Crippen LogP contribution in [0.3, 0.4) is 0 Å². The van der Waals surface area contributed by atoms with Gasteiger partial charge in [-0.3, -0.25) is 0 Å². The van der Waals surface area contributed by atoms with Crippen LogP contribution in [0.2, 0.25) is 0 Å². The second-order valence-corrected chi connectivity index (χ2v) is 7.17. The highest BCUT2D eigenvalue weighted by molar-refractivity contribution is 5.94. The van der Waals surface area contributed by atoms with Crippen molar-refractivity contribution in [1.29, 1.82) is 0 Å². The van der Waals surface area contributed by atoms with E-state index in [2.05, 4.69) is 13.8 Å². The highest BCUT2D eigenvalue weighted by Crippen LogP contribution is 2.32. The van der Waals surface area contributed by atoms with E-state index < -0.39 is 0 Å². The normalized spacial score (nSPS) is 18.9. The van der Waals surface area contributed by atoms with E-state index in [4.69, 9.17) is 14.2 Å². The summed E-state index contributed by atoms with van der Waals surface area (Å²) in [4.78, 5) is 12.9. The lowest BCUT2D eigenvalue weighted by Gasteiger charge is -2.20. The number of cyclic esters (lactones) is 1. The van der Waals surface area contributed by atoms with E-state index in [0.29, 0.717) is 24.5 Å². The van der Waals surface area contributed by atoms with Crippen molar-refractivity contribution in [3.63, 3.8) is 0 Å². The van der Waals surface area contributed by atoms with E-state index in [1.165, 1.54) is 19.3 Å². The zero-order chi connectivity index (χ0) is 18.8. The van der Waals surface area contributed by atoms with E-state index in [1.54, 1.807) is 0 Å². The van der Waals surface area contributed by atoms with Gasteiger partial charge in [-0.05, 0) is 57.1 Å². The van der Waals surface area contributed by atoms with Crippen molar-refractivity contribution in [2.75, 3.05) is 13.2 Å². The lowest BCUT2D eigenvalue weighted by molar-refractivity contribution is 0.0313. The predicted octanol–water partition coefficient (Wildman–Crippen LogP) is 5.71. The molecule has 0 bridgehead atoms. The van der Waals surface area contributed by atoms with Crippen molar-refractivity contribution in [2.24, 2.45) is 0 Å². The van der Waals surface area contributed by atoms with Gasteiger partial charge < -0.3 is 14.2 Å². The zero-order valence-corrected chi connectivity index (χ0v) is 16.6. The fraction of sp³-hybridized carbons (Fsp3) is 0.682. The number of hydrogen-bond donors (Lipinski definition) is 0. The van der Waals surface area contributed by atoms with Gasteiger partial charge in [0.05, 0.1) is 19.3 Å². The molecule has 0 N–H and O–H groups in total. The number of benzene rings is 1. The van der Waals surface area contributed by atoms with Crippen molar-refractivity contribution in [1.82, 2.24) is 0 Å². The van der Waals surface area contributed by atoms with E-state index >= 15 is 0 Å². The lowest BCUT2D eigenvalue weighted by atomic mass is 9.98. The Morgan fingerprint density at radius 1 is 1.00 bits per heavy atom. The molecule has 146 valence electrons. The maximum absolute atomic E-state index is 12.9. The largest absolute Gasteiger partial charge is 0.493 e. The highest BCUT2D eigenvalue weighted by atomic mass is 16.5. The molecule has 1 aliphatic rings. The Balaban J connectivity index is 2.38. The summed E-state index contributed by atoms with van der Waals surface area (Å²) in [6.45, 7) is 7.36. The van der Waals surface area contributed by atoms with Crippen LogP contribution in [0.5, 0.6) is 11.5 Å². The number of ether oxygens (including phenoxy) is 3. The minimum Gasteiger partial charge on any atom is -0.493 e. The molecule has 0 radical (unpaired) electrons.